The maximum atomic E-state index is 11.9. The van der Waals surface area contributed by atoms with Crippen LogP contribution in [0.1, 0.15) is 40.5 Å². The molecule has 0 bridgehead atoms. The van der Waals surface area contributed by atoms with Crippen LogP contribution in [0.25, 0.3) is 0 Å². The van der Waals surface area contributed by atoms with E-state index in [9.17, 15) is 4.79 Å². The second-order valence-electron chi connectivity index (χ2n) is 4.82. The van der Waals surface area contributed by atoms with E-state index in [0.717, 1.165) is 6.42 Å². The minimum absolute atomic E-state index is 0.340. The summed E-state index contributed by atoms with van der Waals surface area (Å²) >= 11 is 0. The molecule has 1 unspecified atom stereocenters. The highest BCUT2D eigenvalue weighted by Gasteiger charge is 2.48. The van der Waals surface area contributed by atoms with E-state index in [-0.39, 0.29) is 5.67 Å². The smallest absolute Gasteiger partial charge is 0.444 e. The number of nitrogens with one attached hydrogen (secondary N) is 1. The van der Waals surface area contributed by atoms with Crippen LogP contribution in [0.4, 0.5) is 4.79 Å². The van der Waals surface area contributed by atoms with Crippen molar-refractivity contribution in [2.24, 2.45) is 0 Å². The Labute approximate surface area is 117 Å². The van der Waals surface area contributed by atoms with Gasteiger partial charge < -0.3 is 23.3 Å². The van der Waals surface area contributed by atoms with Crippen LogP contribution in [-0.4, -0.2) is 47.5 Å². The first-order valence-electron chi connectivity index (χ1n) is 6.45. The van der Waals surface area contributed by atoms with E-state index in [1.165, 1.54) is 21.3 Å². The van der Waals surface area contributed by atoms with Crippen LogP contribution < -0.4 is 5.32 Å². The molecule has 0 aliphatic carbocycles. The van der Waals surface area contributed by atoms with E-state index in [4.69, 9.17) is 18.0 Å². The fourth-order valence-corrected chi connectivity index (χ4v) is 3.76. The second kappa shape index (κ2) is 7.84. The van der Waals surface area contributed by atoms with Gasteiger partial charge in [-0.15, -0.1) is 0 Å². The van der Waals surface area contributed by atoms with Crippen molar-refractivity contribution in [3.8, 4) is 0 Å². The van der Waals surface area contributed by atoms with Gasteiger partial charge >= 0.3 is 14.9 Å². The highest BCUT2D eigenvalue weighted by molar-refractivity contribution is 6.62. The zero-order valence-electron chi connectivity index (χ0n) is 13.0. The number of alkyl carbamates (subject to hydrolysis) is 1. The Hall–Kier alpha value is -0.633. The Bertz CT molecular complexity index is 273. The predicted octanol–water partition coefficient (Wildman–Crippen LogP) is 2.10. The average molecular weight is 293 g/mol. The van der Waals surface area contributed by atoms with E-state index >= 15 is 0 Å². The first-order valence-corrected chi connectivity index (χ1v) is 8.25. The molecular formula is C12H27NO5Si. The largest absolute Gasteiger partial charge is 0.523 e. The quantitative estimate of drug-likeness (QED) is 0.694. The topological polar surface area (TPSA) is 66.0 Å². The van der Waals surface area contributed by atoms with Gasteiger partial charge in [0.2, 0.25) is 0 Å². The average Bonchev–Trinajstić information content (AvgIpc) is 2.39. The van der Waals surface area contributed by atoms with Crippen LogP contribution in [0.15, 0.2) is 0 Å². The molecule has 0 saturated carbocycles. The zero-order chi connectivity index (χ0) is 15.1. The zero-order valence-corrected chi connectivity index (χ0v) is 14.0. The van der Waals surface area contributed by atoms with Gasteiger partial charge in [-0.1, -0.05) is 13.8 Å². The number of ether oxygens (including phenoxy) is 1. The lowest BCUT2D eigenvalue weighted by atomic mass is 10.1. The van der Waals surface area contributed by atoms with Crippen molar-refractivity contribution in [3.63, 3.8) is 0 Å². The number of carbonyl (C=O) groups is 1. The van der Waals surface area contributed by atoms with Gasteiger partial charge in [-0.3, -0.25) is 0 Å². The molecule has 0 aliphatic rings. The summed E-state index contributed by atoms with van der Waals surface area (Å²) in [5.74, 6) is 0. The van der Waals surface area contributed by atoms with Gasteiger partial charge in [-0.05, 0) is 26.7 Å². The van der Waals surface area contributed by atoms with Crippen LogP contribution in [0.2, 0.25) is 0 Å². The molecule has 6 nitrogen and oxygen atoms in total. The van der Waals surface area contributed by atoms with E-state index in [1.54, 1.807) is 0 Å². The molecular weight excluding hydrogens is 266 g/mol. The van der Waals surface area contributed by atoms with Gasteiger partial charge in [-0.25, -0.2) is 4.79 Å². The third-order valence-electron chi connectivity index (χ3n) is 3.20. The Balaban J connectivity index is 4.77. The van der Waals surface area contributed by atoms with E-state index in [2.05, 4.69) is 5.32 Å². The van der Waals surface area contributed by atoms with E-state index in [0.29, 0.717) is 6.42 Å². The van der Waals surface area contributed by atoms with E-state index in [1.807, 2.05) is 27.7 Å². The van der Waals surface area contributed by atoms with Gasteiger partial charge in [0.15, 0.2) is 0 Å². The van der Waals surface area contributed by atoms with Crippen LogP contribution in [0.3, 0.4) is 0 Å². The number of hydrogen-bond acceptors (Lipinski definition) is 5. The number of amides is 1. The Morgan fingerprint density at radius 2 is 1.63 bits per heavy atom. The first kappa shape index (κ1) is 18.4. The van der Waals surface area contributed by atoms with Crippen LogP contribution >= 0.6 is 0 Å². The molecule has 7 heteroatoms. The Kier molecular flexibility index (Phi) is 7.57. The van der Waals surface area contributed by atoms with Crippen molar-refractivity contribution in [1.29, 1.82) is 0 Å². The molecule has 1 atom stereocenters. The fourth-order valence-electron chi connectivity index (χ4n) is 1.61. The highest BCUT2D eigenvalue weighted by atomic mass is 28.4. The standard InChI is InChI=1S/C12H27NO5Si/c1-8-10(19(15-5,16-6)17-7)13-11(14)18-12(3,4)9-2/h10H,8-9H2,1-7H3,(H,13,14). The van der Waals surface area contributed by atoms with Crippen molar-refractivity contribution in [2.75, 3.05) is 21.3 Å². The lowest BCUT2D eigenvalue weighted by molar-refractivity contribution is 0.0317. The molecule has 0 rings (SSSR count). The van der Waals surface area contributed by atoms with Crippen LogP contribution in [0, 0.1) is 0 Å². The van der Waals surface area contributed by atoms with Crippen LogP contribution in [0.5, 0.6) is 0 Å². The number of carbonyl (C=O) groups excluding carboxylic acids is 1. The minimum Gasteiger partial charge on any atom is -0.444 e. The number of rotatable bonds is 8. The molecule has 0 heterocycles. The predicted molar refractivity (Wildman–Crippen MR) is 74.8 cm³/mol. The third-order valence-corrected chi connectivity index (χ3v) is 6.31. The molecule has 114 valence electrons. The summed E-state index contributed by atoms with van der Waals surface area (Å²) in [7, 11) is 1.65. The molecule has 19 heavy (non-hydrogen) atoms. The molecule has 0 radical (unpaired) electrons. The van der Waals surface area contributed by atoms with Crippen molar-refractivity contribution in [2.45, 2.75) is 51.8 Å². The van der Waals surface area contributed by atoms with Gasteiger partial charge in [-0.2, -0.15) is 0 Å². The van der Waals surface area contributed by atoms with Crippen molar-refractivity contribution >= 4 is 14.9 Å². The van der Waals surface area contributed by atoms with Crippen molar-refractivity contribution < 1.29 is 22.8 Å². The summed E-state index contributed by atoms with van der Waals surface area (Å²) in [4.78, 5) is 11.9. The molecule has 0 aliphatic heterocycles. The molecule has 1 N–H and O–H groups in total. The summed E-state index contributed by atoms with van der Waals surface area (Å²) in [6.07, 6.45) is 0.879. The van der Waals surface area contributed by atoms with Crippen molar-refractivity contribution in [1.82, 2.24) is 5.32 Å². The lowest BCUT2D eigenvalue weighted by Crippen LogP contribution is -2.61. The molecule has 0 aromatic heterocycles. The van der Waals surface area contributed by atoms with E-state index < -0.39 is 20.5 Å². The fraction of sp³-hybridized carbons (Fsp3) is 0.917. The molecule has 0 saturated heterocycles. The maximum Gasteiger partial charge on any atom is 0.523 e. The first-order chi connectivity index (χ1) is 8.80. The summed E-state index contributed by atoms with van der Waals surface area (Å²) in [5, 5.41) is 2.78. The van der Waals surface area contributed by atoms with Crippen LogP contribution in [-0.2, 0) is 18.0 Å². The SMILES string of the molecule is CCC(NC(=O)OC(C)(C)CC)[Si](OC)(OC)OC. The number of hydrogen-bond donors (Lipinski definition) is 1. The summed E-state index contributed by atoms with van der Waals surface area (Å²) in [5.41, 5.74) is -0.840. The third kappa shape index (κ3) is 5.10. The van der Waals surface area contributed by atoms with Gasteiger partial charge in [0.05, 0.1) is 0 Å². The molecule has 0 aromatic rings. The molecule has 0 spiro atoms. The maximum absolute atomic E-state index is 11.9. The highest BCUT2D eigenvalue weighted by Crippen LogP contribution is 2.17. The van der Waals surface area contributed by atoms with Gasteiger partial charge in [0.1, 0.15) is 11.3 Å². The van der Waals surface area contributed by atoms with Gasteiger partial charge in [0.25, 0.3) is 0 Å². The lowest BCUT2D eigenvalue weighted by Gasteiger charge is -2.33. The molecule has 0 fully saturated rings. The Morgan fingerprint density at radius 3 is 1.95 bits per heavy atom. The molecule has 0 aromatic carbocycles. The summed E-state index contributed by atoms with van der Waals surface area (Å²) in [6.45, 7) is 7.61. The van der Waals surface area contributed by atoms with Crippen molar-refractivity contribution in [3.05, 3.63) is 0 Å². The second-order valence-corrected chi connectivity index (χ2v) is 7.95. The monoisotopic (exact) mass is 293 g/mol. The summed E-state index contributed by atoms with van der Waals surface area (Å²) < 4.78 is 21.5. The summed E-state index contributed by atoms with van der Waals surface area (Å²) in [6, 6.07) is 0. The minimum atomic E-state index is -2.91. The van der Waals surface area contributed by atoms with Gasteiger partial charge in [0, 0.05) is 21.3 Å². The normalized spacial score (nSPS) is 14.1. The molecule has 1 amide bonds. The Morgan fingerprint density at radius 1 is 1.16 bits per heavy atom.